The van der Waals surface area contributed by atoms with E-state index in [1.807, 2.05) is 19.1 Å². The van der Waals surface area contributed by atoms with Crippen molar-refractivity contribution in [1.82, 2.24) is 14.9 Å². The first-order chi connectivity index (χ1) is 11.6. The van der Waals surface area contributed by atoms with Gasteiger partial charge in [-0.2, -0.15) is 0 Å². The van der Waals surface area contributed by atoms with Crippen LogP contribution in [-0.2, 0) is 4.79 Å². The fourth-order valence-electron chi connectivity index (χ4n) is 3.13. The SMILES string of the molecule is C#CCC1(C(=O)Nc2cccc(-n3c(C)c[nH]c3=O)c2)CCNC1. The van der Waals surface area contributed by atoms with Gasteiger partial charge in [0, 0.05) is 30.5 Å². The Morgan fingerprint density at radius 2 is 2.33 bits per heavy atom. The maximum Gasteiger partial charge on any atom is 0.330 e. The van der Waals surface area contributed by atoms with Crippen molar-refractivity contribution in [3.63, 3.8) is 0 Å². The minimum atomic E-state index is -0.564. The molecule has 1 aromatic heterocycles. The van der Waals surface area contributed by atoms with Crippen LogP contribution >= 0.6 is 0 Å². The van der Waals surface area contributed by atoms with Gasteiger partial charge in [-0.3, -0.25) is 9.36 Å². The van der Waals surface area contributed by atoms with Crippen molar-refractivity contribution in [2.24, 2.45) is 5.41 Å². The highest BCUT2D eigenvalue weighted by molar-refractivity contribution is 5.96. The molecule has 2 heterocycles. The molecule has 0 spiro atoms. The van der Waals surface area contributed by atoms with Gasteiger partial charge in [-0.1, -0.05) is 6.07 Å². The quantitative estimate of drug-likeness (QED) is 0.744. The highest BCUT2D eigenvalue weighted by Gasteiger charge is 2.40. The van der Waals surface area contributed by atoms with E-state index in [2.05, 4.69) is 21.5 Å². The molecule has 3 N–H and O–H groups in total. The van der Waals surface area contributed by atoms with E-state index in [1.165, 1.54) is 0 Å². The number of aryl methyl sites for hydroxylation is 1. The van der Waals surface area contributed by atoms with Crippen LogP contribution in [0.1, 0.15) is 18.5 Å². The summed E-state index contributed by atoms with van der Waals surface area (Å²) in [5, 5.41) is 6.16. The molecule has 1 amide bonds. The second-order valence-electron chi connectivity index (χ2n) is 6.16. The third kappa shape index (κ3) is 2.86. The number of benzene rings is 1. The molecule has 1 fully saturated rings. The number of imidazole rings is 1. The Labute approximate surface area is 140 Å². The molecule has 1 unspecified atom stereocenters. The standard InChI is InChI=1S/C18H20N4O2/c1-3-7-18(8-9-19-12-18)16(23)21-14-5-4-6-15(10-14)22-13(2)11-20-17(22)24/h1,4-6,10-11,19H,7-9,12H2,2H3,(H,20,24)(H,21,23). The van der Waals surface area contributed by atoms with Gasteiger partial charge < -0.3 is 15.6 Å². The van der Waals surface area contributed by atoms with E-state index in [9.17, 15) is 9.59 Å². The van der Waals surface area contributed by atoms with Crippen LogP contribution < -0.4 is 16.3 Å². The molecule has 24 heavy (non-hydrogen) atoms. The Kier molecular flexibility index (Phi) is 4.28. The number of anilines is 1. The summed E-state index contributed by atoms with van der Waals surface area (Å²) < 4.78 is 1.56. The number of terminal acetylenes is 1. The van der Waals surface area contributed by atoms with Crippen LogP contribution in [0.2, 0.25) is 0 Å². The normalized spacial score (nSPS) is 19.8. The van der Waals surface area contributed by atoms with Crippen LogP contribution in [0.3, 0.4) is 0 Å². The number of hydrogen-bond acceptors (Lipinski definition) is 3. The maximum atomic E-state index is 12.7. The topological polar surface area (TPSA) is 78.9 Å². The van der Waals surface area contributed by atoms with E-state index in [4.69, 9.17) is 6.42 Å². The fourth-order valence-corrected chi connectivity index (χ4v) is 3.13. The number of amides is 1. The number of nitrogens with zero attached hydrogens (tertiary/aromatic N) is 1. The molecule has 0 bridgehead atoms. The minimum Gasteiger partial charge on any atom is -0.325 e. The molecule has 1 aliphatic rings. The Morgan fingerprint density at radius 3 is 2.96 bits per heavy atom. The summed E-state index contributed by atoms with van der Waals surface area (Å²) in [5.41, 5.74) is 1.37. The summed E-state index contributed by atoms with van der Waals surface area (Å²) in [7, 11) is 0. The largest absolute Gasteiger partial charge is 0.330 e. The van der Waals surface area contributed by atoms with Gasteiger partial charge in [0.2, 0.25) is 5.91 Å². The number of H-pyrrole nitrogens is 1. The first-order valence-electron chi connectivity index (χ1n) is 7.89. The molecule has 3 rings (SSSR count). The summed E-state index contributed by atoms with van der Waals surface area (Å²) >= 11 is 0. The molecule has 1 aromatic carbocycles. The first-order valence-corrected chi connectivity index (χ1v) is 7.89. The first kappa shape index (κ1) is 16.1. The summed E-state index contributed by atoms with van der Waals surface area (Å²) in [6.07, 6.45) is 8.23. The van der Waals surface area contributed by atoms with Crippen molar-refractivity contribution < 1.29 is 4.79 Å². The van der Waals surface area contributed by atoms with Crippen LogP contribution in [0.5, 0.6) is 0 Å². The molecule has 1 atom stereocenters. The van der Waals surface area contributed by atoms with E-state index < -0.39 is 5.41 Å². The lowest BCUT2D eigenvalue weighted by atomic mass is 9.83. The van der Waals surface area contributed by atoms with Gasteiger partial charge in [0.25, 0.3) is 0 Å². The van der Waals surface area contributed by atoms with Crippen LogP contribution in [0.15, 0.2) is 35.3 Å². The Balaban J connectivity index is 1.86. The number of carbonyl (C=O) groups is 1. The zero-order chi connectivity index (χ0) is 17.2. The van der Waals surface area contributed by atoms with Gasteiger partial charge in [0.05, 0.1) is 11.1 Å². The lowest BCUT2D eigenvalue weighted by Crippen LogP contribution is -2.38. The van der Waals surface area contributed by atoms with Crippen molar-refractivity contribution in [1.29, 1.82) is 0 Å². The lowest BCUT2D eigenvalue weighted by molar-refractivity contribution is -0.124. The Bertz CT molecular complexity index is 850. The van der Waals surface area contributed by atoms with E-state index in [-0.39, 0.29) is 11.6 Å². The van der Waals surface area contributed by atoms with Gasteiger partial charge >= 0.3 is 5.69 Å². The molecule has 0 aliphatic carbocycles. The van der Waals surface area contributed by atoms with Crippen LogP contribution in [0.25, 0.3) is 5.69 Å². The molecule has 6 nitrogen and oxygen atoms in total. The molecule has 6 heteroatoms. The molecule has 1 aliphatic heterocycles. The Hall–Kier alpha value is -2.78. The smallest absolute Gasteiger partial charge is 0.325 e. The average Bonchev–Trinajstić information content (AvgIpc) is 3.16. The molecule has 1 saturated heterocycles. The van der Waals surface area contributed by atoms with Gasteiger partial charge in [-0.05, 0) is 38.1 Å². The highest BCUT2D eigenvalue weighted by atomic mass is 16.2. The molecular weight excluding hydrogens is 304 g/mol. The zero-order valence-corrected chi connectivity index (χ0v) is 13.6. The third-order valence-corrected chi connectivity index (χ3v) is 4.49. The van der Waals surface area contributed by atoms with Crippen molar-refractivity contribution in [3.8, 4) is 18.0 Å². The summed E-state index contributed by atoms with van der Waals surface area (Å²) in [6, 6.07) is 7.23. The number of hydrogen-bond donors (Lipinski definition) is 3. The number of rotatable bonds is 4. The van der Waals surface area contributed by atoms with Gasteiger partial charge in [0.15, 0.2) is 0 Å². The van der Waals surface area contributed by atoms with Gasteiger partial charge in [-0.15, -0.1) is 12.3 Å². The third-order valence-electron chi connectivity index (χ3n) is 4.49. The minimum absolute atomic E-state index is 0.0827. The van der Waals surface area contributed by atoms with Crippen LogP contribution in [0.4, 0.5) is 5.69 Å². The molecule has 2 aromatic rings. The van der Waals surface area contributed by atoms with Gasteiger partial charge in [0.1, 0.15) is 0 Å². The number of nitrogens with one attached hydrogen (secondary N) is 3. The van der Waals surface area contributed by atoms with E-state index >= 15 is 0 Å². The lowest BCUT2D eigenvalue weighted by Gasteiger charge is -2.24. The van der Waals surface area contributed by atoms with Crippen LogP contribution in [0, 0.1) is 24.7 Å². The Morgan fingerprint density at radius 1 is 1.50 bits per heavy atom. The van der Waals surface area contributed by atoms with Crippen LogP contribution in [-0.4, -0.2) is 28.5 Å². The summed E-state index contributed by atoms with van der Waals surface area (Å²) in [5.74, 6) is 2.53. The molecule has 0 saturated carbocycles. The molecular formula is C18H20N4O2. The van der Waals surface area contributed by atoms with Crippen molar-refractivity contribution in [2.45, 2.75) is 19.8 Å². The summed E-state index contributed by atoms with van der Waals surface area (Å²) in [6.45, 7) is 3.21. The fraction of sp³-hybridized carbons (Fsp3) is 0.333. The molecule has 0 radical (unpaired) electrons. The van der Waals surface area contributed by atoms with E-state index in [0.29, 0.717) is 24.3 Å². The van der Waals surface area contributed by atoms with Gasteiger partial charge in [-0.25, -0.2) is 4.79 Å². The van der Waals surface area contributed by atoms with Crippen molar-refractivity contribution in [3.05, 3.63) is 46.6 Å². The second-order valence-corrected chi connectivity index (χ2v) is 6.16. The second kappa shape index (κ2) is 6.38. The molecule has 124 valence electrons. The highest BCUT2D eigenvalue weighted by Crippen LogP contribution is 2.31. The van der Waals surface area contributed by atoms with E-state index in [0.717, 1.165) is 18.7 Å². The summed E-state index contributed by atoms with van der Waals surface area (Å²) in [4.78, 5) is 27.3. The average molecular weight is 324 g/mol. The monoisotopic (exact) mass is 324 g/mol. The zero-order valence-electron chi connectivity index (χ0n) is 13.6. The van der Waals surface area contributed by atoms with Crippen molar-refractivity contribution >= 4 is 11.6 Å². The number of aromatic nitrogens is 2. The maximum absolute atomic E-state index is 12.7. The predicted molar refractivity (Wildman–Crippen MR) is 93.1 cm³/mol. The number of carbonyl (C=O) groups excluding carboxylic acids is 1. The predicted octanol–water partition coefficient (Wildman–Crippen LogP) is 1.42. The van der Waals surface area contributed by atoms with E-state index in [1.54, 1.807) is 22.9 Å². The van der Waals surface area contributed by atoms with Crippen molar-refractivity contribution in [2.75, 3.05) is 18.4 Å². The number of aromatic amines is 1.